The second-order valence-corrected chi connectivity index (χ2v) is 6.83. The van der Waals surface area contributed by atoms with Crippen LogP contribution in [0.4, 0.5) is 0 Å². The molecule has 5 heteroatoms. The third-order valence-corrected chi connectivity index (χ3v) is 4.99. The first kappa shape index (κ1) is 20.6. The molecule has 0 bridgehead atoms. The number of methoxy groups -OCH3 is 2. The number of hydrogen-bond donors (Lipinski definition) is 0. The molecule has 0 N–H and O–H groups in total. The Kier molecular flexibility index (Phi) is 6.35. The van der Waals surface area contributed by atoms with Gasteiger partial charge >= 0.3 is 0 Å². The van der Waals surface area contributed by atoms with Gasteiger partial charge in [0.05, 0.1) is 14.2 Å². The fraction of sp³-hybridized carbons (Fsp3) is 0.167. The standard InChI is InChI=1S/C24H22NO3.ClH/c1-27-22-14-19-13-20(24(26)21(19)15-23(22)28-2)12-17-8-10-25(11-9-17)16-18-6-4-3-5-7-18;/h3-12,14-15H,13,16H2,1-2H3;1H/q+1;/p-1/b20-12+;. The van der Waals surface area contributed by atoms with E-state index in [2.05, 4.69) is 16.7 Å². The molecular weight excluding hydrogens is 386 g/mol. The molecule has 0 fully saturated rings. The highest BCUT2D eigenvalue weighted by molar-refractivity contribution is 6.15. The van der Waals surface area contributed by atoms with E-state index in [-0.39, 0.29) is 18.2 Å². The number of nitrogens with zero attached hydrogens (tertiary/aromatic N) is 1. The zero-order valence-corrected chi connectivity index (χ0v) is 17.1. The van der Waals surface area contributed by atoms with E-state index in [0.717, 1.165) is 23.2 Å². The number of hydrogen-bond acceptors (Lipinski definition) is 3. The van der Waals surface area contributed by atoms with E-state index in [9.17, 15) is 4.79 Å². The Morgan fingerprint density at radius 1 is 0.966 bits per heavy atom. The number of rotatable bonds is 5. The van der Waals surface area contributed by atoms with Crippen molar-refractivity contribution in [1.29, 1.82) is 0 Å². The predicted octanol–water partition coefficient (Wildman–Crippen LogP) is 0.866. The van der Waals surface area contributed by atoms with Crippen molar-refractivity contribution >= 4 is 11.9 Å². The van der Waals surface area contributed by atoms with Gasteiger partial charge in [-0.05, 0) is 29.3 Å². The van der Waals surface area contributed by atoms with Gasteiger partial charge in [-0.3, -0.25) is 4.79 Å². The van der Waals surface area contributed by atoms with E-state index in [1.807, 2.05) is 54.9 Å². The van der Waals surface area contributed by atoms with Gasteiger partial charge in [-0.2, -0.15) is 0 Å². The van der Waals surface area contributed by atoms with E-state index in [1.165, 1.54) is 5.56 Å². The molecule has 2 aromatic carbocycles. The van der Waals surface area contributed by atoms with E-state index < -0.39 is 0 Å². The van der Waals surface area contributed by atoms with Crippen LogP contribution in [0, 0.1) is 0 Å². The summed E-state index contributed by atoms with van der Waals surface area (Å²) in [5, 5.41) is 0. The normalized spacial score (nSPS) is 13.7. The van der Waals surface area contributed by atoms with Crippen LogP contribution < -0.4 is 26.4 Å². The number of allylic oxidation sites excluding steroid dienone is 1. The summed E-state index contributed by atoms with van der Waals surface area (Å²) in [7, 11) is 3.18. The highest BCUT2D eigenvalue weighted by Crippen LogP contribution is 2.36. The van der Waals surface area contributed by atoms with E-state index in [0.29, 0.717) is 23.5 Å². The minimum absolute atomic E-state index is 0. The van der Waals surface area contributed by atoms with Crippen LogP contribution in [0.15, 0.2) is 72.6 Å². The first-order chi connectivity index (χ1) is 13.7. The number of carbonyl (C=O) groups excluding carboxylic acids is 1. The Balaban J connectivity index is 0.00000240. The lowest BCUT2D eigenvalue weighted by molar-refractivity contribution is -0.688. The average molecular weight is 408 g/mol. The number of aromatic nitrogens is 1. The zero-order valence-electron chi connectivity index (χ0n) is 16.4. The minimum Gasteiger partial charge on any atom is -1.00 e. The highest BCUT2D eigenvalue weighted by atomic mass is 35.5. The van der Waals surface area contributed by atoms with Gasteiger partial charge in [0, 0.05) is 35.3 Å². The highest BCUT2D eigenvalue weighted by Gasteiger charge is 2.27. The summed E-state index contributed by atoms with van der Waals surface area (Å²) in [4.78, 5) is 12.8. The van der Waals surface area contributed by atoms with Crippen LogP contribution in [0.25, 0.3) is 6.08 Å². The molecule has 0 saturated carbocycles. The number of carbonyl (C=O) groups is 1. The van der Waals surface area contributed by atoms with Gasteiger partial charge in [-0.1, -0.05) is 30.3 Å². The summed E-state index contributed by atoms with van der Waals surface area (Å²) >= 11 is 0. The van der Waals surface area contributed by atoms with Crippen LogP contribution >= 0.6 is 0 Å². The molecule has 3 aromatic rings. The third kappa shape index (κ3) is 4.33. The number of ketones is 1. The largest absolute Gasteiger partial charge is 1.00 e. The molecule has 4 nitrogen and oxygen atoms in total. The fourth-order valence-electron chi connectivity index (χ4n) is 3.52. The van der Waals surface area contributed by atoms with Gasteiger partial charge < -0.3 is 21.9 Å². The Bertz CT molecular complexity index is 1040. The van der Waals surface area contributed by atoms with Crippen LogP contribution in [0.3, 0.4) is 0 Å². The number of fused-ring (bicyclic) bond motifs is 1. The van der Waals surface area contributed by atoms with Gasteiger partial charge in [-0.15, -0.1) is 0 Å². The second-order valence-electron chi connectivity index (χ2n) is 6.83. The molecule has 29 heavy (non-hydrogen) atoms. The Morgan fingerprint density at radius 3 is 2.28 bits per heavy atom. The zero-order chi connectivity index (χ0) is 19.5. The lowest BCUT2D eigenvalue weighted by atomic mass is 10.1. The molecule has 0 atom stereocenters. The van der Waals surface area contributed by atoms with Crippen molar-refractivity contribution in [2.24, 2.45) is 0 Å². The van der Waals surface area contributed by atoms with Crippen molar-refractivity contribution in [3.63, 3.8) is 0 Å². The van der Waals surface area contributed by atoms with Gasteiger partial charge in [0.1, 0.15) is 0 Å². The molecule has 0 spiro atoms. The number of ether oxygens (including phenoxy) is 2. The molecule has 0 unspecified atom stereocenters. The number of halogens is 1. The first-order valence-electron chi connectivity index (χ1n) is 9.21. The monoisotopic (exact) mass is 407 g/mol. The Labute approximate surface area is 176 Å². The SMILES string of the molecule is COc1cc2c(cc1OC)C(=O)/C(=C/c1cc[n+](Cc3ccccc3)cc1)C2.[Cl-]. The van der Waals surface area contributed by atoms with Gasteiger partial charge in [0.25, 0.3) is 0 Å². The van der Waals surface area contributed by atoms with E-state index in [4.69, 9.17) is 9.47 Å². The van der Waals surface area contributed by atoms with Crippen molar-refractivity contribution in [2.75, 3.05) is 14.2 Å². The van der Waals surface area contributed by atoms with Gasteiger partial charge in [0.15, 0.2) is 36.2 Å². The maximum Gasteiger partial charge on any atom is 0.189 e. The van der Waals surface area contributed by atoms with Crippen molar-refractivity contribution in [1.82, 2.24) is 0 Å². The molecule has 1 aromatic heterocycles. The van der Waals surface area contributed by atoms with Gasteiger partial charge in [0.2, 0.25) is 0 Å². The predicted molar refractivity (Wildman–Crippen MR) is 108 cm³/mol. The topological polar surface area (TPSA) is 39.4 Å². The van der Waals surface area contributed by atoms with Crippen molar-refractivity contribution in [2.45, 2.75) is 13.0 Å². The molecule has 1 aliphatic carbocycles. The molecule has 148 valence electrons. The smallest absolute Gasteiger partial charge is 0.189 e. The van der Waals surface area contributed by atoms with Crippen molar-refractivity contribution < 1.29 is 31.2 Å². The van der Waals surface area contributed by atoms with Crippen LogP contribution in [-0.2, 0) is 13.0 Å². The number of benzene rings is 2. The molecule has 0 aliphatic heterocycles. The summed E-state index contributed by atoms with van der Waals surface area (Å²) in [6.07, 6.45) is 6.65. The minimum atomic E-state index is 0. The van der Waals surface area contributed by atoms with Crippen LogP contribution in [-0.4, -0.2) is 20.0 Å². The van der Waals surface area contributed by atoms with E-state index >= 15 is 0 Å². The molecule has 1 aliphatic rings. The van der Waals surface area contributed by atoms with Crippen LogP contribution in [0.1, 0.15) is 27.0 Å². The fourth-order valence-corrected chi connectivity index (χ4v) is 3.52. The Hall–Kier alpha value is -3.11. The average Bonchev–Trinajstić information content (AvgIpc) is 3.03. The molecule has 0 radical (unpaired) electrons. The lowest BCUT2D eigenvalue weighted by Gasteiger charge is -2.08. The quantitative estimate of drug-likeness (QED) is 0.465. The summed E-state index contributed by atoms with van der Waals surface area (Å²) in [6.45, 7) is 0.821. The molecule has 4 rings (SSSR count). The van der Waals surface area contributed by atoms with Crippen LogP contribution in [0.2, 0.25) is 0 Å². The third-order valence-electron chi connectivity index (χ3n) is 4.99. The molecular formula is C24H22ClNO3. The molecule has 1 heterocycles. The maximum atomic E-state index is 12.8. The lowest BCUT2D eigenvalue weighted by Crippen LogP contribution is -3.00. The summed E-state index contributed by atoms with van der Waals surface area (Å²) in [5.41, 5.74) is 4.72. The number of Topliss-reactive ketones (excluding diaryl/α,β-unsaturated/α-hetero) is 1. The molecule has 0 amide bonds. The second kappa shape index (κ2) is 8.93. The summed E-state index contributed by atoms with van der Waals surface area (Å²) in [6, 6.07) is 18.1. The summed E-state index contributed by atoms with van der Waals surface area (Å²) in [5.74, 6) is 1.28. The van der Waals surface area contributed by atoms with Crippen molar-refractivity contribution in [3.8, 4) is 11.5 Å². The maximum absolute atomic E-state index is 12.8. The molecule has 0 saturated heterocycles. The van der Waals surface area contributed by atoms with Crippen LogP contribution in [0.5, 0.6) is 11.5 Å². The van der Waals surface area contributed by atoms with E-state index in [1.54, 1.807) is 20.3 Å². The first-order valence-corrected chi connectivity index (χ1v) is 9.21. The van der Waals surface area contributed by atoms with Crippen molar-refractivity contribution in [3.05, 3.63) is 94.8 Å². The van der Waals surface area contributed by atoms with Gasteiger partial charge in [-0.25, -0.2) is 4.57 Å². The summed E-state index contributed by atoms with van der Waals surface area (Å²) < 4.78 is 12.8. The number of pyridine rings is 1. The Morgan fingerprint density at radius 2 is 1.62 bits per heavy atom.